The first-order chi connectivity index (χ1) is 11.6. The zero-order valence-corrected chi connectivity index (χ0v) is 14.0. The van der Waals surface area contributed by atoms with Gasteiger partial charge in [0.2, 0.25) is 12.7 Å². The first-order valence-electron chi connectivity index (χ1n) is 7.30. The molecule has 2 aromatic carbocycles. The van der Waals surface area contributed by atoms with Crippen LogP contribution in [0.25, 0.3) is 0 Å². The molecule has 24 heavy (non-hydrogen) atoms. The second-order valence-corrected chi connectivity index (χ2v) is 7.25. The van der Waals surface area contributed by atoms with Gasteiger partial charge in [-0.15, -0.1) is 0 Å². The molecule has 122 valence electrons. The molecule has 0 aromatic heterocycles. The Labute approximate surface area is 147 Å². The summed E-state index contributed by atoms with van der Waals surface area (Å²) in [6.45, 7) is 0.221. The lowest BCUT2D eigenvalue weighted by Gasteiger charge is -2.15. The molecule has 2 aliphatic rings. The van der Waals surface area contributed by atoms with Crippen LogP contribution in [-0.2, 0) is 11.2 Å². The molecule has 0 radical (unpaired) electrons. The van der Waals surface area contributed by atoms with Gasteiger partial charge in [-0.1, -0.05) is 30.0 Å². The molecule has 1 fully saturated rings. The molecule has 4 rings (SSSR count). The molecule has 4 nitrogen and oxygen atoms in total. The Bertz CT molecular complexity index is 825. The van der Waals surface area contributed by atoms with Gasteiger partial charge in [-0.05, 0) is 48.4 Å². The summed E-state index contributed by atoms with van der Waals surface area (Å²) in [6.07, 6.45) is 0.540. The molecule has 0 bridgehead atoms. The van der Waals surface area contributed by atoms with Gasteiger partial charge < -0.3 is 9.47 Å². The Kier molecular flexibility index (Phi) is 3.90. The molecule has 0 aliphatic carbocycles. The number of benzene rings is 2. The van der Waals surface area contributed by atoms with E-state index in [-0.39, 0.29) is 23.8 Å². The van der Waals surface area contributed by atoms with Crippen LogP contribution in [-0.4, -0.2) is 22.3 Å². The van der Waals surface area contributed by atoms with Crippen molar-refractivity contribution in [2.24, 2.45) is 0 Å². The molecule has 0 saturated carbocycles. The van der Waals surface area contributed by atoms with Crippen molar-refractivity contribution in [2.45, 2.75) is 11.7 Å². The van der Waals surface area contributed by atoms with E-state index in [0.29, 0.717) is 27.9 Å². The summed E-state index contributed by atoms with van der Waals surface area (Å²) in [5.41, 5.74) is 1.57. The smallest absolute Gasteiger partial charge is 0.246 e. The molecule has 1 saturated heterocycles. The Hall–Kier alpha value is -2.12. The number of hydrogen-bond donors (Lipinski definition) is 0. The lowest BCUT2D eigenvalue weighted by atomic mass is 10.1. The van der Waals surface area contributed by atoms with Crippen LogP contribution in [0.3, 0.4) is 0 Å². The first kappa shape index (κ1) is 15.4. The van der Waals surface area contributed by atoms with Gasteiger partial charge in [0.05, 0.1) is 10.9 Å². The van der Waals surface area contributed by atoms with Crippen molar-refractivity contribution in [3.05, 3.63) is 53.8 Å². The lowest BCUT2D eigenvalue weighted by Crippen LogP contribution is -2.31. The van der Waals surface area contributed by atoms with Crippen molar-refractivity contribution < 1.29 is 18.7 Å². The second-order valence-electron chi connectivity index (χ2n) is 5.41. The number of thiocarbonyl (C=S) groups is 1. The third-order valence-electron chi connectivity index (χ3n) is 3.86. The minimum atomic E-state index is -0.346. The number of nitrogens with zero attached hydrogens (tertiary/aromatic N) is 1. The largest absolute Gasteiger partial charge is 0.454 e. The predicted molar refractivity (Wildman–Crippen MR) is 94.1 cm³/mol. The number of ether oxygens (including phenoxy) is 2. The van der Waals surface area contributed by atoms with Gasteiger partial charge in [-0.2, -0.15) is 0 Å². The standard InChI is InChI=1S/C17H12FNO3S2/c18-11-2-4-12(5-3-11)19-16(20)15(24-17(19)23)8-10-1-6-13-14(7-10)22-9-21-13/h1-7,15H,8-9H2/t15-/m1/s1. The topological polar surface area (TPSA) is 38.8 Å². The number of thioether (sulfide) groups is 1. The highest BCUT2D eigenvalue weighted by Crippen LogP contribution is 2.36. The van der Waals surface area contributed by atoms with Crippen LogP contribution in [0.1, 0.15) is 5.56 Å². The SMILES string of the molecule is O=C1[C@@H](Cc2ccc3c(c2)OCO3)SC(=S)N1c1ccc(F)cc1. The Morgan fingerprint density at radius 1 is 1.17 bits per heavy atom. The van der Waals surface area contributed by atoms with Crippen LogP contribution < -0.4 is 14.4 Å². The van der Waals surface area contributed by atoms with Gasteiger partial charge in [0.25, 0.3) is 0 Å². The summed E-state index contributed by atoms with van der Waals surface area (Å²) in [6, 6.07) is 11.4. The maximum Gasteiger partial charge on any atom is 0.246 e. The van der Waals surface area contributed by atoms with E-state index in [1.807, 2.05) is 18.2 Å². The molecular formula is C17H12FNO3S2. The number of anilines is 1. The Morgan fingerprint density at radius 3 is 2.71 bits per heavy atom. The molecular weight excluding hydrogens is 349 g/mol. The highest BCUT2D eigenvalue weighted by atomic mass is 32.2. The van der Waals surface area contributed by atoms with E-state index < -0.39 is 0 Å². The van der Waals surface area contributed by atoms with E-state index in [9.17, 15) is 9.18 Å². The van der Waals surface area contributed by atoms with Crippen molar-refractivity contribution in [1.82, 2.24) is 0 Å². The van der Waals surface area contributed by atoms with E-state index in [0.717, 1.165) is 5.56 Å². The minimum absolute atomic E-state index is 0.0886. The first-order valence-corrected chi connectivity index (χ1v) is 8.59. The van der Waals surface area contributed by atoms with E-state index in [1.165, 1.54) is 28.8 Å². The molecule has 0 unspecified atom stereocenters. The average Bonchev–Trinajstić information content (AvgIpc) is 3.13. The molecule has 2 aliphatic heterocycles. The number of fused-ring (bicyclic) bond motifs is 1. The van der Waals surface area contributed by atoms with Crippen LogP contribution in [0.15, 0.2) is 42.5 Å². The Balaban J connectivity index is 1.54. The van der Waals surface area contributed by atoms with E-state index >= 15 is 0 Å². The maximum absolute atomic E-state index is 13.1. The van der Waals surface area contributed by atoms with Crippen molar-refractivity contribution in [3.8, 4) is 11.5 Å². The maximum atomic E-state index is 13.1. The van der Waals surface area contributed by atoms with Crippen molar-refractivity contribution in [1.29, 1.82) is 0 Å². The monoisotopic (exact) mass is 361 g/mol. The van der Waals surface area contributed by atoms with Gasteiger partial charge in [-0.25, -0.2) is 4.39 Å². The number of amides is 1. The summed E-state index contributed by atoms with van der Waals surface area (Å²) in [7, 11) is 0. The van der Waals surface area contributed by atoms with E-state index in [2.05, 4.69) is 0 Å². The zero-order chi connectivity index (χ0) is 16.7. The molecule has 0 N–H and O–H groups in total. The van der Waals surface area contributed by atoms with Gasteiger partial charge in [-0.3, -0.25) is 9.69 Å². The van der Waals surface area contributed by atoms with Crippen LogP contribution in [0, 0.1) is 5.82 Å². The van der Waals surface area contributed by atoms with Crippen molar-refractivity contribution in [3.63, 3.8) is 0 Å². The highest BCUT2D eigenvalue weighted by Gasteiger charge is 2.38. The number of halogens is 1. The highest BCUT2D eigenvalue weighted by molar-refractivity contribution is 8.25. The summed E-state index contributed by atoms with van der Waals surface area (Å²) >= 11 is 6.69. The molecule has 2 heterocycles. The Morgan fingerprint density at radius 2 is 1.92 bits per heavy atom. The van der Waals surface area contributed by atoms with E-state index in [1.54, 1.807) is 12.1 Å². The van der Waals surface area contributed by atoms with Crippen LogP contribution in [0.5, 0.6) is 11.5 Å². The fourth-order valence-corrected chi connectivity index (χ4v) is 4.26. The molecule has 1 amide bonds. The third-order valence-corrected chi connectivity index (χ3v) is 5.37. The van der Waals surface area contributed by atoms with Crippen molar-refractivity contribution >= 4 is 39.9 Å². The summed E-state index contributed by atoms with van der Waals surface area (Å²) in [5, 5.41) is -0.303. The van der Waals surface area contributed by atoms with Crippen LogP contribution >= 0.6 is 24.0 Å². The van der Waals surface area contributed by atoms with Gasteiger partial charge in [0.1, 0.15) is 10.1 Å². The van der Waals surface area contributed by atoms with Gasteiger partial charge in [0, 0.05) is 0 Å². The molecule has 2 aromatic rings. The van der Waals surface area contributed by atoms with Gasteiger partial charge in [0.15, 0.2) is 11.5 Å². The average molecular weight is 361 g/mol. The molecule has 7 heteroatoms. The number of carbonyl (C=O) groups excluding carboxylic acids is 1. The van der Waals surface area contributed by atoms with Crippen molar-refractivity contribution in [2.75, 3.05) is 11.7 Å². The minimum Gasteiger partial charge on any atom is -0.454 e. The number of rotatable bonds is 3. The number of carbonyl (C=O) groups is 1. The summed E-state index contributed by atoms with van der Waals surface area (Å²) in [5.74, 6) is 0.976. The summed E-state index contributed by atoms with van der Waals surface area (Å²) in [4.78, 5) is 14.2. The molecule has 0 spiro atoms. The fourth-order valence-electron chi connectivity index (χ4n) is 2.69. The zero-order valence-electron chi connectivity index (χ0n) is 12.4. The van der Waals surface area contributed by atoms with Crippen LogP contribution in [0.4, 0.5) is 10.1 Å². The normalized spacial score (nSPS) is 19.2. The predicted octanol–water partition coefficient (Wildman–Crippen LogP) is 3.53. The van der Waals surface area contributed by atoms with Crippen LogP contribution in [0.2, 0.25) is 0 Å². The van der Waals surface area contributed by atoms with Gasteiger partial charge >= 0.3 is 0 Å². The molecule has 1 atom stereocenters. The third kappa shape index (κ3) is 2.74. The second kappa shape index (κ2) is 6.07. The lowest BCUT2D eigenvalue weighted by molar-refractivity contribution is -0.116. The number of hydrogen-bond acceptors (Lipinski definition) is 5. The van der Waals surface area contributed by atoms with E-state index in [4.69, 9.17) is 21.7 Å². The quantitative estimate of drug-likeness (QED) is 0.782. The fraction of sp³-hybridized carbons (Fsp3) is 0.176. The summed E-state index contributed by atoms with van der Waals surface area (Å²) < 4.78 is 24.2.